The number of carbonyl (C=O) groups is 1. The van der Waals surface area contributed by atoms with Gasteiger partial charge in [0.2, 0.25) is 0 Å². The zero-order valence-corrected chi connectivity index (χ0v) is 10.0. The van der Waals surface area contributed by atoms with Gasteiger partial charge in [0, 0.05) is 12.2 Å². The van der Waals surface area contributed by atoms with Crippen LogP contribution in [0.2, 0.25) is 0 Å². The first kappa shape index (κ1) is 15.1. The van der Waals surface area contributed by atoms with Crippen LogP contribution in [-0.4, -0.2) is 37.5 Å². The Hall–Kier alpha value is -0.870. The molecule has 0 saturated carbocycles. The second-order valence-electron chi connectivity index (χ2n) is 3.67. The van der Waals surface area contributed by atoms with Crippen molar-refractivity contribution in [1.29, 1.82) is 0 Å². The van der Waals surface area contributed by atoms with E-state index >= 15 is 0 Å². The fraction of sp³-hybridized carbons (Fsp3) is 0.750. The molecule has 0 spiro atoms. The molecule has 0 aromatic heterocycles. The van der Waals surface area contributed by atoms with E-state index in [1.165, 1.54) is 0 Å². The molecule has 0 aliphatic heterocycles. The molecule has 0 amide bonds. The largest absolute Gasteiger partial charge is 0.462 e. The molecule has 0 aromatic rings. The van der Waals surface area contributed by atoms with Gasteiger partial charge in [0.15, 0.2) is 0 Å². The Morgan fingerprint density at radius 2 is 1.75 bits per heavy atom. The SMILES string of the molecule is C=C(C)C(=O)OCCCCCCOCCO. The molecule has 4 heteroatoms. The van der Waals surface area contributed by atoms with Crippen LogP contribution in [0.5, 0.6) is 0 Å². The van der Waals surface area contributed by atoms with Crippen molar-refractivity contribution < 1.29 is 19.4 Å². The molecular formula is C12H22O4. The van der Waals surface area contributed by atoms with Gasteiger partial charge < -0.3 is 14.6 Å². The zero-order chi connectivity index (χ0) is 12.2. The smallest absolute Gasteiger partial charge is 0.333 e. The van der Waals surface area contributed by atoms with Crippen LogP contribution in [-0.2, 0) is 14.3 Å². The summed E-state index contributed by atoms with van der Waals surface area (Å²) in [5.41, 5.74) is 0.442. The van der Waals surface area contributed by atoms with E-state index in [2.05, 4.69) is 6.58 Å². The topological polar surface area (TPSA) is 55.8 Å². The Kier molecular flexibility index (Phi) is 10.1. The first-order valence-corrected chi connectivity index (χ1v) is 5.69. The Bertz CT molecular complexity index is 201. The molecule has 0 heterocycles. The third-order valence-corrected chi connectivity index (χ3v) is 2.00. The van der Waals surface area contributed by atoms with E-state index in [1.807, 2.05) is 0 Å². The summed E-state index contributed by atoms with van der Waals surface area (Å²) >= 11 is 0. The van der Waals surface area contributed by atoms with Gasteiger partial charge in [-0.05, 0) is 26.2 Å². The summed E-state index contributed by atoms with van der Waals surface area (Å²) in [7, 11) is 0. The fourth-order valence-corrected chi connectivity index (χ4v) is 1.11. The Morgan fingerprint density at radius 3 is 2.31 bits per heavy atom. The molecule has 94 valence electrons. The molecular weight excluding hydrogens is 208 g/mol. The number of ether oxygens (including phenoxy) is 2. The molecule has 16 heavy (non-hydrogen) atoms. The average Bonchev–Trinajstić information content (AvgIpc) is 2.26. The Labute approximate surface area is 97.2 Å². The highest BCUT2D eigenvalue weighted by Crippen LogP contribution is 2.01. The first-order valence-electron chi connectivity index (χ1n) is 5.69. The van der Waals surface area contributed by atoms with Gasteiger partial charge in [-0.25, -0.2) is 4.79 Å². The standard InChI is InChI=1S/C12H22O4/c1-11(2)12(14)16-9-6-4-3-5-8-15-10-7-13/h13H,1,3-10H2,2H3. The van der Waals surface area contributed by atoms with Crippen molar-refractivity contribution in [3.8, 4) is 0 Å². The molecule has 0 unspecified atom stereocenters. The number of hydrogen-bond donors (Lipinski definition) is 1. The zero-order valence-electron chi connectivity index (χ0n) is 10.0. The van der Waals surface area contributed by atoms with Crippen molar-refractivity contribution in [2.45, 2.75) is 32.6 Å². The number of esters is 1. The van der Waals surface area contributed by atoms with Crippen LogP contribution in [0, 0.1) is 0 Å². The lowest BCUT2D eigenvalue weighted by molar-refractivity contribution is -0.139. The van der Waals surface area contributed by atoms with Crippen LogP contribution >= 0.6 is 0 Å². The van der Waals surface area contributed by atoms with Gasteiger partial charge in [-0.1, -0.05) is 13.0 Å². The molecule has 4 nitrogen and oxygen atoms in total. The molecule has 0 aliphatic carbocycles. The second kappa shape index (κ2) is 10.6. The molecule has 0 aromatic carbocycles. The van der Waals surface area contributed by atoms with Crippen molar-refractivity contribution in [2.75, 3.05) is 26.4 Å². The lowest BCUT2D eigenvalue weighted by Crippen LogP contribution is -2.06. The molecule has 0 radical (unpaired) electrons. The van der Waals surface area contributed by atoms with Gasteiger partial charge in [-0.2, -0.15) is 0 Å². The van der Waals surface area contributed by atoms with Crippen molar-refractivity contribution in [3.05, 3.63) is 12.2 Å². The summed E-state index contributed by atoms with van der Waals surface area (Å²) in [6.07, 6.45) is 3.93. The van der Waals surface area contributed by atoms with Gasteiger partial charge in [0.05, 0.1) is 19.8 Å². The summed E-state index contributed by atoms with van der Waals surface area (Å²) in [6, 6.07) is 0. The molecule has 0 fully saturated rings. The van der Waals surface area contributed by atoms with Gasteiger partial charge >= 0.3 is 5.97 Å². The minimum absolute atomic E-state index is 0.0802. The van der Waals surface area contributed by atoms with Crippen LogP contribution in [0.4, 0.5) is 0 Å². The van der Waals surface area contributed by atoms with Crippen molar-refractivity contribution in [2.24, 2.45) is 0 Å². The third kappa shape index (κ3) is 9.68. The van der Waals surface area contributed by atoms with Crippen LogP contribution < -0.4 is 0 Å². The molecule has 0 bridgehead atoms. The summed E-state index contributed by atoms with van der Waals surface area (Å²) in [5.74, 6) is -0.314. The average molecular weight is 230 g/mol. The third-order valence-electron chi connectivity index (χ3n) is 2.00. The van der Waals surface area contributed by atoms with Crippen LogP contribution in [0.3, 0.4) is 0 Å². The van der Waals surface area contributed by atoms with E-state index in [0.717, 1.165) is 25.7 Å². The lowest BCUT2D eigenvalue weighted by Gasteiger charge is -2.04. The Balaban J connectivity index is 3.10. The number of unbranched alkanes of at least 4 members (excludes halogenated alkanes) is 3. The van der Waals surface area contributed by atoms with E-state index in [-0.39, 0.29) is 12.6 Å². The van der Waals surface area contributed by atoms with Crippen LogP contribution in [0.25, 0.3) is 0 Å². The fourth-order valence-electron chi connectivity index (χ4n) is 1.11. The number of carbonyl (C=O) groups excluding carboxylic acids is 1. The molecule has 0 saturated heterocycles. The summed E-state index contributed by atoms with van der Waals surface area (Å²) in [5, 5.41) is 8.46. The number of aliphatic hydroxyl groups excluding tert-OH is 1. The minimum atomic E-state index is -0.314. The highest BCUT2D eigenvalue weighted by Gasteiger charge is 2.01. The Morgan fingerprint density at radius 1 is 1.12 bits per heavy atom. The maximum Gasteiger partial charge on any atom is 0.333 e. The summed E-state index contributed by atoms with van der Waals surface area (Å²) in [4.78, 5) is 11.0. The van der Waals surface area contributed by atoms with Crippen LogP contribution in [0.15, 0.2) is 12.2 Å². The van der Waals surface area contributed by atoms with Crippen molar-refractivity contribution in [1.82, 2.24) is 0 Å². The van der Waals surface area contributed by atoms with E-state index in [4.69, 9.17) is 14.6 Å². The van der Waals surface area contributed by atoms with Gasteiger partial charge in [-0.3, -0.25) is 0 Å². The lowest BCUT2D eigenvalue weighted by atomic mass is 10.2. The quantitative estimate of drug-likeness (QED) is 0.352. The second-order valence-corrected chi connectivity index (χ2v) is 3.67. The van der Waals surface area contributed by atoms with E-state index in [1.54, 1.807) is 6.92 Å². The van der Waals surface area contributed by atoms with Crippen molar-refractivity contribution in [3.63, 3.8) is 0 Å². The molecule has 0 atom stereocenters. The highest BCUT2D eigenvalue weighted by atomic mass is 16.5. The molecule has 0 rings (SSSR count). The number of aliphatic hydroxyl groups is 1. The monoisotopic (exact) mass is 230 g/mol. The number of hydrogen-bond acceptors (Lipinski definition) is 4. The van der Waals surface area contributed by atoms with Gasteiger partial charge in [-0.15, -0.1) is 0 Å². The predicted octanol–water partition coefficient (Wildman–Crippen LogP) is 1.68. The normalized spacial score (nSPS) is 10.1. The number of rotatable bonds is 10. The maximum atomic E-state index is 11.0. The highest BCUT2D eigenvalue weighted by molar-refractivity contribution is 5.86. The summed E-state index contributed by atoms with van der Waals surface area (Å²) in [6.45, 7) is 6.78. The minimum Gasteiger partial charge on any atom is -0.462 e. The molecule has 1 N–H and O–H groups in total. The van der Waals surface area contributed by atoms with E-state index in [9.17, 15) is 4.79 Å². The van der Waals surface area contributed by atoms with E-state index < -0.39 is 0 Å². The summed E-state index contributed by atoms with van der Waals surface area (Å²) < 4.78 is 10.1. The van der Waals surface area contributed by atoms with Gasteiger partial charge in [0.1, 0.15) is 0 Å². The molecule has 0 aliphatic rings. The maximum absolute atomic E-state index is 11.0. The first-order chi connectivity index (χ1) is 7.68. The van der Waals surface area contributed by atoms with Crippen LogP contribution in [0.1, 0.15) is 32.6 Å². The van der Waals surface area contributed by atoms with Gasteiger partial charge in [0.25, 0.3) is 0 Å². The van der Waals surface area contributed by atoms with E-state index in [0.29, 0.717) is 25.4 Å². The van der Waals surface area contributed by atoms with Crippen molar-refractivity contribution >= 4 is 5.97 Å². The predicted molar refractivity (Wildman–Crippen MR) is 62.1 cm³/mol.